The third-order valence-corrected chi connectivity index (χ3v) is 10.3. The lowest BCUT2D eigenvalue weighted by molar-refractivity contribution is -0.298. The van der Waals surface area contributed by atoms with Crippen molar-refractivity contribution in [3.05, 3.63) is 35.9 Å². The number of Topliss-reactive ketones (excluding diaryl/α,β-unsaturated/α-hetero) is 1. The van der Waals surface area contributed by atoms with Crippen molar-refractivity contribution in [3.8, 4) is 0 Å². The molecule has 1 unspecified atom stereocenters. The fraction of sp³-hybridized carbons (Fsp3) is 0.743. The highest BCUT2D eigenvalue weighted by atomic mass is 16.7. The Kier molecular flexibility index (Phi) is 12.8. The van der Waals surface area contributed by atoms with Crippen LogP contribution < -0.4 is 0 Å². The van der Waals surface area contributed by atoms with Crippen LogP contribution in [-0.4, -0.2) is 115 Å². The molecule has 2 saturated heterocycles. The highest BCUT2D eigenvalue weighted by Gasteiger charge is 2.51. The van der Waals surface area contributed by atoms with Crippen molar-refractivity contribution in [2.75, 3.05) is 7.05 Å². The molecule has 1 aromatic carbocycles. The maximum Gasteiger partial charge on any atom is 0.311 e. The monoisotopic (exact) mass is 665 g/mol. The first kappa shape index (κ1) is 39.0. The van der Waals surface area contributed by atoms with Gasteiger partial charge in [-0.05, 0) is 59.1 Å². The van der Waals surface area contributed by atoms with Crippen LogP contribution in [0, 0.1) is 23.7 Å². The summed E-state index contributed by atoms with van der Waals surface area (Å²) in [4.78, 5) is 41.6. The van der Waals surface area contributed by atoms with E-state index in [1.807, 2.05) is 0 Å². The number of carbonyl (C=O) groups is 3. The van der Waals surface area contributed by atoms with Crippen LogP contribution in [0.5, 0.6) is 0 Å². The Morgan fingerprint density at radius 1 is 0.979 bits per heavy atom. The maximum atomic E-state index is 13.6. The van der Waals surface area contributed by atoms with E-state index >= 15 is 0 Å². The molecule has 5 N–H and O–H groups in total. The largest absolute Gasteiger partial charge is 0.459 e. The van der Waals surface area contributed by atoms with Crippen molar-refractivity contribution in [1.29, 1.82) is 0 Å². The fourth-order valence-corrected chi connectivity index (χ4v) is 7.22. The first-order chi connectivity index (χ1) is 21.8. The zero-order chi connectivity index (χ0) is 35.6. The number of carbonyl (C=O) groups excluding carboxylic acids is 3. The third kappa shape index (κ3) is 8.41. The molecule has 12 heteroatoms. The average molecular weight is 666 g/mol. The van der Waals surface area contributed by atoms with Gasteiger partial charge in [0.2, 0.25) is 0 Å². The van der Waals surface area contributed by atoms with Crippen molar-refractivity contribution >= 4 is 17.7 Å². The summed E-state index contributed by atoms with van der Waals surface area (Å²) in [6.07, 6.45) is -8.47. The lowest BCUT2D eigenvalue weighted by atomic mass is 9.74. The van der Waals surface area contributed by atoms with E-state index in [0.29, 0.717) is 12.0 Å². The van der Waals surface area contributed by atoms with Crippen LogP contribution in [0.2, 0.25) is 0 Å². The molecule has 1 amide bonds. The molecule has 0 aromatic heterocycles. The molecule has 0 bridgehead atoms. The summed E-state index contributed by atoms with van der Waals surface area (Å²) < 4.78 is 18.0. The third-order valence-electron chi connectivity index (χ3n) is 10.3. The molecule has 2 aliphatic heterocycles. The van der Waals surface area contributed by atoms with E-state index in [9.17, 15) is 39.9 Å². The summed E-state index contributed by atoms with van der Waals surface area (Å²) in [5, 5.41) is 57.4. The van der Waals surface area contributed by atoms with Gasteiger partial charge in [0.1, 0.15) is 23.6 Å². The van der Waals surface area contributed by atoms with Crippen LogP contribution in [0.3, 0.4) is 0 Å². The number of ketones is 1. The van der Waals surface area contributed by atoms with Gasteiger partial charge in [-0.3, -0.25) is 14.4 Å². The average Bonchev–Trinajstić information content (AvgIpc) is 3.03. The molecule has 1 aromatic rings. The summed E-state index contributed by atoms with van der Waals surface area (Å²) in [7, 11) is 1.58. The van der Waals surface area contributed by atoms with E-state index in [2.05, 4.69) is 0 Å². The molecule has 3 rings (SSSR count). The van der Waals surface area contributed by atoms with E-state index in [0.717, 1.165) is 0 Å². The topological polar surface area (TPSA) is 183 Å². The number of amides is 1. The fourth-order valence-electron chi connectivity index (χ4n) is 7.22. The standard InChI is InChI=1S/C35H55NO11/c1-10-25-35(8,44)29(40)20(4)26(37)18(2)17-34(7,43)30(21(5)27(38)22(6)32(42)46-25)47-33-28(39)24(16-19(3)45-33)36(9)31(41)23-14-12-11-13-15-23/h11-15,18-22,24-25,27-30,33,38-40,43-44H,10,16-17H2,1-9H3/t18-,19-,20+,21+,22-,24+,25-,27+,28-,29-,30-,33+,34?,35-/m1/s1. The predicted octanol–water partition coefficient (Wildman–Crippen LogP) is 2.07. The van der Waals surface area contributed by atoms with Crippen LogP contribution in [0.1, 0.15) is 85.0 Å². The molecule has 0 radical (unpaired) electrons. The zero-order valence-electron chi connectivity index (χ0n) is 29.1. The Labute approximate surface area is 278 Å². The molecule has 2 aliphatic rings. The van der Waals surface area contributed by atoms with Gasteiger partial charge >= 0.3 is 5.97 Å². The lowest BCUT2D eigenvalue weighted by Crippen LogP contribution is -2.60. The van der Waals surface area contributed by atoms with Crippen molar-refractivity contribution < 1.29 is 54.1 Å². The molecule has 0 spiro atoms. The number of likely N-dealkylation sites (N-methyl/N-ethyl adjacent to an activating group) is 1. The van der Waals surface area contributed by atoms with Crippen LogP contribution in [0.15, 0.2) is 30.3 Å². The van der Waals surface area contributed by atoms with Gasteiger partial charge in [0.05, 0.1) is 42.0 Å². The Morgan fingerprint density at radius 3 is 2.15 bits per heavy atom. The normalized spacial score (nSPS) is 42.7. The highest BCUT2D eigenvalue weighted by molar-refractivity contribution is 5.94. The van der Waals surface area contributed by atoms with Crippen molar-refractivity contribution in [2.45, 2.75) is 135 Å². The van der Waals surface area contributed by atoms with E-state index in [-0.39, 0.29) is 18.7 Å². The predicted molar refractivity (Wildman–Crippen MR) is 172 cm³/mol. The van der Waals surface area contributed by atoms with Gasteiger partial charge in [-0.15, -0.1) is 0 Å². The Bertz CT molecular complexity index is 1220. The zero-order valence-corrected chi connectivity index (χ0v) is 29.1. The lowest BCUT2D eigenvalue weighted by Gasteiger charge is -2.47. The minimum Gasteiger partial charge on any atom is -0.459 e. The molecular formula is C35H55NO11. The minimum atomic E-state index is -1.98. The van der Waals surface area contributed by atoms with Gasteiger partial charge in [-0.25, -0.2) is 0 Å². The Balaban J connectivity index is 2.00. The molecular weight excluding hydrogens is 610 g/mol. The smallest absolute Gasteiger partial charge is 0.311 e. The van der Waals surface area contributed by atoms with E-state index in [1.165, 1.54) is 32.6 Å². The van der Waals surface area contributed by atoms with Crippen LogP contribution in [0.4, 0.5) is 0 Å². The summed E-state index contributed by atoms with van der Waals surface area (Å²) in [6, 6.07) is 7.91. The molecule has 47 heavy (non-hydrogen) atoms. The van der Waals surface area contributed by atoms with Crippen molar-refractivity contribution in [1.82, 2.24) is 4.90 Å². The first-order valence-corrected chi connectivity index (χ1v) is 16.6. The molecule has 2 fully saturated rings. The van der Waals surface area contributed by atoms with Crippen molar-refractivity contribution in [3.63, 3.8) is 0 Å². The van der Waals surface area contributed by atoms with E-state index < -0.39 is 95.6 Å². The van der Waals surface area contributed by atoms with Crippen LogP contribution in [0.25, 0.3) is 0 Å². The number of rotatable bonds is 5. The van der Waals surface area contributed by atoms with Crippen LogP contribution in [-0.2, 0) is 23.8 Å². The maximum absolute atomic E-state index is 13.6. The number of ether oxygens (including phenoxy) is 3. The van der Waals surface area contributed by atoms with Gasteiger partial charge in [0.25, 0.3) is 5.91 Å². The second-order valence-electron chi connectivity index (χ2n) is 14.2. The summed E-state index contributed by atoms with van der Waals surface area (Å²) in [6.45, 7) is 12.3. The number of aliphatic hydroxyl groups excluding tert-OH is 3. The number of hydrogen-bond donors (Lipinski definition) is 5. The second kappa shape index (κ2) is 15.4. The quantitative estimate of drug-likeness (QED) is 0.290. The highest BCUT2D eigenvalue weighted by Crippen LogP contribution is 2.38. The number of cyclic esters (lactones) is 1. The molecule has 0 aliphatic carbocycles. The number of benzene rings is 1. The number of hydrogen-bond acceptors (Lipinski definition) is 11. The summed E-state index contributed by atoms with van der Waals surface area (Å²) in [5.41, 5.74) is -3.38. The van der Waals surface area contributed by atoms with E-state index in [1.54, 1.807) is 65.1 Å². The molecule has 266 valence electrons. The van der Waals surface area contributed by atoms with Crippen LogP contribution >= 0.6 is 0 Å². The summed E-state index contributed by atoms with van der Waals surface area (Å²) in [5.74, 6) is -5.67. The molecule has 0 saturated carbocycles. The van der Waals surface area contributed by atoms with E-state index in [4.69, 9.17) is 14.2 Å². The SMILES string of the molecule is CC[C@H]1OC(=O)[C@H](C)[C@@H](O)[C@H](C)[C@@H](O[C@@H]2O[C@H](C)C[C@H](N(C)C(=O)c3ccccc3)[C@H]2O)C(C)(O)C[C@@H](C)C(=O)[C@H](C)[C@@H](O)[C@]1(C)O. The Morgan fingerprint density at radius 2 is 1.57 bits per heavy atom. The van der Waals surface area contributed by atoms with Gasteiger partial charge in [-0.1, -0.05) is 45.9 Å². The Hall–Kier alpha value is -2.45. The van der Waals surface area contributed by atoms with Crippen molar-refractivity contribution in [2.24, 2.45) is 23.7 Å². The van der Waals surface area contributed by atoms with Gasteiger partial charge in [0, 0.05) is 30.4 Å². The van der Waals surface area contributed by atoms with Gasteiger partial charge in [0.15, 0.2) is 6.29 Å². The van der Waals surface area contributed by atoms with Gasteiger partial charge in [-0.2, -0.15) is 0 Å². The first-order valence-electron chi connectivity index (χ1n) is 16.6. The molecule has 14 atom stereocenters. The molecule has 12 nitrogen and oxygen atoms in total. The second-order valence-corrected chi connectivity index (χ2v) is 14.2. The number of nitrogens with zero attached hydrogens (tertiary/aromatic N) is 1. The molecule has 2 heterocycles. The number of esters is 1. The minimum absolute atomic E-state index is 0.128. The summed E-state index contributed by atoms with van der Waals surface area (Å²) >= 11 is 0. The number of aliphatic hydroxyl groups is 5. The van der Waals surface area contributed by atoms with Gasteiger partial charge < -0.3 is 44.6 Å².